The summed E-state index contributed by atoms with van der Waals surface area (Å²) in [4.78, 5) is 0. The second-order valence-corrected chi connectivity index (χ2v) is 7.30. The fourth-order valence-corrected chi connectivity index (χ4v) is 4.40. The Bertz CT molecular complexity index is 234. The SMILES string of the molecule is CCCCCOC1CCC(C2CCC(CC)CC2)CC1. The molecule has 0 saturated heterocycles. The van der Waals surface area contributed by atoms with Crippen molar-refractivity contribution in [3.8, 4) is 0 Å². The number of hydrogen-bond donors (Lipinski definition) is 0. The maximum absolute atomic E-state index is 6.06. The van der Waals surface area contributed by atoms with Crippen LogP contribution < -0.4 is 0 Å². The number of hydrogen-bond acceptors (Lipinski definition) is 1. The van der Waals surface area contributed by atoms with E-state index in [-0.39, 0.29) is 0 Å². The molecule has 2 aliphatic carbocycles. The Morgan fingerprint density at radius 1 is 0.750 bits per heavy atom. The smallest absolute Gasteiger partial charge is 0.0575 e. The number of unbranched alkanes of at least 4 members (excludes halogenated alkanes) is 2. The molecule has 2 aliphatic rings. The van der Waals surface area contributed by atoms with E-state index in [0.717, 1.165) is 24.4 Å². The predicted octanol–water partition coefficient (Wildman–Crippen LogP) is 5.97. The molecule has 0 aromatic heterocycles. The largest absolute Gasteiger partial charge is 0.378 e. The molecule has 2 saturated carbocycles. The summed E-state index contributed by atoms with van der Waals surface area (Å²) in [7, 11) is 0. The van der Waals surface area contributed by atoms with E-state index in [4.69, 9.17) is 4.74 Å². The van der Waals surface area contributed by atoms with Gasteiger partial charge in [0.2, 0.25) is 0 Å². The van der Waals surface area contributed by atoms with E-state index in [1.165, 1.54) is 77.0 Å². The highest BCUT2D eigenvalue weighted by Gasteiger charge is 2.30. The van der Waals surface area contributed by atoms with E-state index >= 15 is 0 Å². The molecule has 0 heterocycles. The average molecular weight is 280 g/mol. The molecule has 118 valence electrons. The monoisotopic (exact) mass is 280 g/mol. The van der Waals surface area contributed by atoms with Crippen molar-refractivity contribution in [2.24, 2.45) is 17.8 Å². The summed E-state index contributed by atoms with van der Waals surface area (Å²) in [6, 6.07) is 0. The molecule has 0 N–H and O–H groups in total. The lowest BCUT2D eigenvalue weighted by Gasteiger charge is -2.37. The summed E-state index contributed by atoms with van der Waals surface area (Å²) in [5, 5.41) is 0. The van der Waals surface area contributed by atoms with Crippen LogP contribution in [-0.2, 0) is 4.74 Å². The molecule has 0 aromatic carbocycles. The van der Waals surface area contributed by atoms with E-state index in [0.29, 0.717) is 6.10 Å². The average Bonchev–Trinajstić information content (AvgIpc) is 2.52. The van der Waals surface area contributed by atoms with Crippen LogP contribution in [0, 0.1) is 17.8 Å². The van der Waals surface area contributed by atoms with Crippen LogP contribution >= 0.6 is 0 Å². The van der Waals surface area contributed by atoms with E-state index in [1.54, 1.807) is 0 Å². The molecular weight excluding hydrogens is 244 g/mol. The summed E-state index contributed by atoms with van der Waals surface area (Å²) in [6.45, 7) is 5.63. The van der Waals surface area contributed by atoms with Crippen LogP contribution in [0.2, 0.25) is 0 Å². The third kappa shape index (κ3) is 5.06. The minimum absolute atomic E-state index is 0.593. The summed E-state index contributed by atoms with van der Waals surface area (Å²) in [6.07, 6.45) is 17.5. The van der Waals surface area contributed by atoms with Crippen LogP contribution in [0.25, 0.3) is 0 Å². The third-order valence-corrected chi connectivity index (χ3v) is 5.96. The first kappa shape index (κ1) is 16.3. The first-order valence-corrected chi connectivity index (χ1v) is 9.45. The minimum Gasteiger partial charge on any atom is -0.378 e. The Balaban J connectivity index is 1.59. The van der Waals surface area contributed by atoms with Crippen LogP contribution in [0.3, 0.4) is 0 Å². The molecule has 2 fully saturated rings. The first-order chi connectivity index (χ1) is 9.83. The van der Waals surface area contributed by atoms with Crippen LogP contribution in [0.15, 0.2) is 0 Å². The van der Waals surface area contributed by atoms with Gasteiger partial charge in [-0.05, 0) is 62.7 Å². The van der Waals surface area contributed by atoms with Crippen molar-refractivity contribution in [1.82, 2.24) is 0 Å². The van der Waals surface area contributed by atoms with E-state index in [2.05, 4.69) is 13.8 Å². The molecule has 1 heteroatoms. The Labute approximate surface area is 126 Å². The van der Waals surface area contributed by atoms with Crippen molar-refractivity contribution in [3.63, 3.8) is 0 Å². The lowest BCUT2D eigenvalue weighted by molar-refractivity contribution is 0.00548. The zero-order valence-corrected chi connectivity index (χ0v) is 13.9. The van der Waals surface area contributed by atoms with Crippen molar-refractivity contribution in [1.29, 1.82) is 0 Å². The van der Waals surface area contributed by atoms with Crippen molar-refractivity contribution in [3.05, 3.63) is 0 Å². The van der Waals surface area contributed by atoms with Crippen LogP contribution in [0.4, 0.5) is 0 Å². The Kier molecular flexibility index (Phi) is 7.41. The van der Waals surface area contributed by atoms with E-state index in [9.17, 15) is 0 Å². The molecule has 0 unspecified atom stereocenters. The highest BCUT2D eigenvalue weighted by molar-refractivity contribution is 4.82. The predicted molar refractivity (Wildman–Crippen MR) is 87.0 cm³/mol. The van der Waals surface area contributed by atoms with Gasteiger partial charge < -0.3 is 4.74 Å². The summed E-state index contributed by atoms with van der Waals surface area (Å²) in [5.74, 6) is 3.13. The van der Waals surface area contributed by atoms with E-state index < -0.39 is 0 Å². The highest BCUT2D eigenvalue weighted by Crippen LogP contribution is 2.41. The van der Waals surface area contributed by atoms with Gasteiger partial charge in [0.15, 0.2) is 0 Å². The lowest BCUT2D eigenvalue weighted by Crippen LogP contribution is -2.28. The van der Waals surface area contributed by atoms with Gasteiger partial charge in [-0.1, -0.05) is 46.0 Å². The quantitative estimate of drug-likeness (QED) is 0.522. The normalized spacial score (nSPS) is 35.1. The zero-order chi connectivity index (χ0) is 14.2. The summed E-state index contributed by atoms with van der Waals surface area (Å²) in [5.41, 5.74) is 0. The third-order valence-electron chi connectivity index (χ3n) is 5.96. The van der Waals surface area contributed by atoms with Gasteiger partial charge in [-0.15, -0.1) is 0 Å². The van der Waals surface area contributed by atoms with Gasteiger partial charge in [-0.2, -0.15) is 0 Å². The molecule has 2 rings (SSSR count). The number of rotatable bonds is 7. The standard InChI is InChI=1S/C19H36O/c1-3-5-6-15-20-19-13-11-18(12-14-19)17-9-7-16(4-2)8-10-17/h16-19H,3-15H2,1-2H3. The fraction of sp³-hybridized carbons (Fsp3) is 1.00. The summed E-state index contributed by atoms with van der Waals surface area (Å²) < 4.78 is 6.06. The Morgan fingerprint density at radius 3 is 1.90 bits per heavy atom. The molecule has 20 heavy (non-hydrogen) atoms. The van der Waals surface area contributed by atoms with Gasteiger partial charge in [0.25, 0.3) is 0 Å². The molecule has 0 amide bonds. The Morgan fingerprint density at radius 2 is 1.35 bits per heavy atom. The molecule has 1 nitrogen and oxygen atoms in total. The fourth-order valence-electron chi connectivity index (χ4n) is 4.40. The molecule has 0 spiro atoms. The molecule has 0 bridgehead atoms. The second-order valence-electron chi connectivity index (χ2n) is 7.30. The van der Waals surface area contributed by atoms with Gasteiger partial charge in [0.1, 0.15) is 0 Å². The molecule has 0 radical (unpaired) electrons. The van der Waals surface area contributed by atoms with Crippen LogP contribution in [0.1, 0.15) is 90.9 Å². The van der Waals surface area contributed by atoms with Crippen molar-refractivity contribution >= 4 is 0 Å². The Hall–Kier alpha value is -0.0400. The van der Waals surface area contributed by atoms with Gasteiger partial charge in [0.05, 0.1) is 6.10 Å². The van der Waals surface area contributed by atoms with Crippen LogP contribution in [-0.4, -0.2) is 12.7 Å². The lowest BCUT2D eigenvalue weighted by atomic mass is 9.70. The molecule has 0 atom stereocenters. The minimum atomic E-state index is 0.593. The van der Waals surface area contributed by atoms with Gasteiger partial charge >= 0.3 is 0 Å². The zero-order valence-electron chi connectivity index (χ0n) is 13.9. The molecule has 0 aliphatic heterocycles. The van der Waals surface area contributed by atoms with Gasteiger partial charge in [0, 0.05) is 6.61 Å². The molecular formula is C19H36O. The van der Waals surface area contributed by atoms with Crippen molar-refractivity contribution in [2.45, 2.75) is 97.0 Å². The second kappa shape index (κ2) is 9.07. The topological polar surface area (TPSA) is 9.23 Å². The van der Waals surface area contributed by atoms with Crippen molar-refractivity contribution < 1.29 is 4.74 Å². The van der Waals surface area contributed by atoms with E-state index in [1.807, 2.05) is 0 Å². The maximum Gasteiger partial charge on any atom is 0.0575 e. The molecule has 0 aromatic rings. The van der Waals surface area contributed by atoms with Crippen molar-refractivity contribution in [2.75, 3.05) is 6.61 Å². The highest BCUT2D eigenvalue weighted by atomic mass is 16.5. The first-order valence-electron chi connectivity index (χ1n) is 9.45. The number of ether oxygens (including phenoxy) is 1. The van der Waals surface area contributed by atoms with Crippen LogP contribution in [0.5, 0.6) is 0 Å². The van der Waals surface area contributed by atoms with Gasteiger partial charge in [-0.25, -0.2) is 0 Å². The maximum atomic E-state index is 6.06. The summed E-state index contributed by atoms with van der Waals surface area (Å²) >= 11 is 0. The van der Waals surface area contributed by atoms with Gasteiger partial charge in [-0.3, -0.25) is 0 Å².